The van der Waals surface area contributed by atoms with Crippen LogP contribution in [0.4, 0.5) is 0 Å². The Bertz CT molecular complexity index is 107. The van der Waals surface area contributed by atoms with Gasteiger partial charge in [-0.3, -0.25) is 0 Å². The van der Waals surface area contributed by atoms with Crippen molar-refractivity contribution in [2.45, 2.75) is 0 Å². The lowest BCUT2D eigenvalue weighted by atomic mass is 10.6. The quantitative estimate of drug-likeness (QED) is 0.370. The third kappa shape index (κ3) is 4.99. The third-order valence-corrected chi connectivity index (χ3v) is 0.411. The van der Waals surface area contributed by atoms with Gasteiger partial charge in [0.2, 0.25) is 0 Å². The highest BCUT2D eigenvalue weighted by Crippen LogP contribution is 1.59. The highest BCUT2D eigenvalue weighted by molar-refractivity contribution is 5.54. The molecule has 0 saturated carbocycles. The Balaban J connectivity index is 3.48. The van der Waals surface area contributed by atoms with E-state index in [9.17, 15) is 0 Å². The first-order chi connectivity index (χ1) is 3.41. The highest BCUT2D eigenvalue weighted by Gasteiger charge is 1.49. The molecule has 0 rings (SSSR count). The van der Waals surface area contributed by atoms with Gasteiger partial charge >= 0.3 is 0 Å². The molecule has 38 valence electrons. The summed E-state index contributed by atoms with van der Waals surface area (Å²) in [5, 5.41) is 0. The van der Waals surface area contributed by atoms with Crippen LogP contribution in [0, 0.1) is 0 Å². The van der Waals surface area contributed by atoms with Gasteiger partial charge in [0.1, 0.15) is 0 Å². The first kappa shape index (κ1) is 5.99. The summed E-state index contributed by atoms with van der Waals surface area (Å²) in [7, 11) is 1.65. The molecule has 0 aliphatic carbocycles. The topological polar surface area (TPSA) is 38.4 Å². The molecule has 0 aromatic heterocycles. The molecule has 0 aliphatic heterocycles. The third-order valence-electron chi connectivity index (χ3n) is 0.411. The minimum Gasteiger partial charge on any atom is -0.405 e. The van der Waals surface area contributed by atoms with E-state index in [1.54, 1.807) is 19.2 Å². The van der Waals surface area contributed by atoms with Crippen LogP contribution in [0.5, 0.6) is 0 Å². The lowest BCUT2D eigenvalue weighted by molar-refractivity contribution is 1.48. The molecule has 0 unspecified atom stereocenters. The van der Waals surface area contributed by atoms with E-state index >= 15 is 0 Å². The van der Waals surface area contributed by atoms with Crippen molar-refractivity contribution in [1.82, 2.24) is 0 Å². The van der Waals surface area contributed by atoms with Crippen molar-refractivity contribution in [2.24, 2.45) is 10.7 Å². The van der Waals surface area contributed by atoms with Crippen LogP contribution in [0.2, 0.25) is 0 Å². The smallest absolute Gasteiger partial charge is 0.0372 e. The van der Waals surface area contributed by atoms with Crippen molar-refractivity contribution in [3.63, 3.8) is 0 Å². The van der Waals surface area contributed by atoms with E-state index in [2.05, 4.69) is 10.9 Å². The Labute approximate surface area is 43.1 Å². The van der Waals surface area contributed by atoms with Crippen molar-refractivity contribution in [3.8, 4) is 0 Å². The largest absolute Gasteiger partial charge is 0.405 e. The van der Waals surface area contributed by atoms with Crippen LogP contribution in [0.15, 0.2) is 23.3 Å². The van der Waals surface area contributed by atoms with E-state index < -0.39 is 0 Å². The number of aliphatic imine (C=N–C) groups is 1. The lowest BCUT2D eigenvalue weighted by Gasteiger charge is -1.61. The zero-order chi connectivity index (χ0) is 5.54. The number of rotatable bonds is 1. The molecule has 2 nitrogen and oxygen atoms in total. The Morgan fingerprint density at radius 2 is 2.43 bits per heavy atom. The molecular formula is C5H8N2. The lowest BCUT2D eigenvalue weighted by Crippen LogP contribution is -1.72. The van der Waals surface area contributed by atoms with Crippen molar-refractivity contribution in [1.29, 1.82) is 0 Å². The Hall–Kier alpha value is -1.01. The van der Waals surface area contributed by atoms with Crippen LogP contribution in [-0.4, -0.2) is 12.9 Å². The second-order valence-corrected chi connectivity index (χ2v) is 0.904. The van der Waals surface area contributed by atoms with Crippen LogP contribution in [0.3, 0.4) is 0 Å². The second-order valence-electron chi connectivity index (χ2n) is 0.904. The Kier molecular flexibility index (Phi) is 4.27. The number of hydrogen-bond acceptors (Lipinski definition) is 2. The van der Waals surface area contributed by atoms with Gasteiger partial charge in [-0.15, -0.1) is 0 Å². The molecule has 0 aromatic carbocycles. The molecule has 0 saturated heterocycles. The fourth-order valence-corrected chi connectivity index (χ4v) is 0.173. The van der Waals surface area contributed by atoms with E-state index in [-0.39, 0.29) is 0 Å². The van der Waals surface area contributed by atoms with Crippen LogP contribution in [-0.2, 0) is 0 Å². The molecule has 0 aliphatic rings. The second kappa shape index (κ2) is 4.99. The predicted molar refractivity (Wildman–Crippen MR) is 31.3 cm³/mol. The molecular weight excluding hydrogens is 88.1 g/mol. The van der Waals surface area contributed by atoms with E-state index in [1.165, 1.54) is 6.20 Å². The maximum Gasteiger partial charge on any atom is 0.0372 e. The maximum absolute atomic E-state index is 4.98. The molecule has 0 atom stereocenters. The van der Waals surface area contributed by atoms with Crippen molar-refractivity contribution < 1.29 is 0 Å². The maximum atomic E-state index is 4.98. The monoisotopic (exact) mass is 96.1 g/mol. The van der Waals surface area contributed by atoms with Gasteiger partial charge in [-0.2, -0.15) is 0 Å². The van der Waals surface area contributed by atoms with Gasteiger partial charge in [0.15, 0.2) is 0 Å². The van der Waals surface area contributed by atoms with Gasteiger partial charge in [-0.1, -0.05) is 0 Å². The minimum absolute atomic E-state index is 1.43. The van der Waals surface area contributed by atoms with Gasteiger partial charge in [0.25, 0.3) is 0 Å². The molecule has 0 bridgehead atoms. The molecule has 0 aromatic rings. The molecule has 0 radical (unpaired) electrons. The van der Waals surface area contributed by atoms with E-state index in [0.717, 1.165) is 0 Å². The van der Waals surface area contributed by atoms with Gasteiger partial charge < -0.3 is 5.73 Å². The highest BCUT2D eigenvalue weighted by atomic mass is 14.6. The molecule has 0 spiro atoms. The van der Waals surface area contributed by atoms with Crippen molar-refractivity contribution in [2.75, 3.05) is 7.05 Å². The normalized spacial score (nSPS) is 8.14. The first-order valence-electron chi connectivity index (χ1n) is 1.96. The predicted octanol–water partition coefficient (Wildman–Crippen LogP) is 0.315. The average Bonchev–Trinajstić information content (AvgIpc) is 1.69. The van der Waals surface area contributed by atoms with Gasteiger partial charge in [0, 0.05) is 13.1 Å². The van der Waals surface area contributed by atoms with Gasteiger partial charge in [0.05, 0.1) is 0 Å². The SMILES string of the molecule is CN=C=CC=CN. The number of nitrogens with two attached hydrogens (primary N) is 1. The minimum atomic E-state index is 1.43. The van der Waals surface area contributed by atoms with Crippen molar-refractivity contribution in [3.05, 3.63) is 18.4 Å². The van der Waals surface area contributed by atoms with Gasteiger partial charge in [-0.05, 0) is 18.1 Å². The summed E-state index contributed by atoms with van der Waals surface area (Å²) in [6.45, 7) is 0. The average molecular weight is 96.1 g/mol. The van der Waals surface area contributed by atoms with Crippen molar-refractivity contribution >= 4 is 5.87 Å². The molecule has 0 fully saturated rings. The molecule has 2 heteroatoms. The summed E-state index contributed by atoms with van der Waals surface area (Å²) in [4.78, 5) is 3.56. The van der Waals surface area contributed by atoms with Crippen LogP contribution < -0.4 is 5.73 Å². The number of hydrogen-bond donors (Lipinski definition) is 1. The summed E-state index contributed by atoms with van der Waals surface area (Å²) in [6.07, 6.45) is 4.73. The van der Waals surface area contributed by atoms with Crippen LogP contribution >= 0.6 is 0 Å². The van der Waals surface area contributed by atoms with Gasteiger partial charge in [-0.25, -0.2) is 4.99 Å². The number of nitrogens with zero attached hydrogens (tertiary/aromatic N) is 1. The fraction of sp³-hybridized carbons (Fsp3) is 0.200. The molecule has 7 heavy (non-hydrogen) atoms. The fourth-order valence-electron chi connectivity index (χ4n) is 0.173. The molecule has 0 heterocycles. The molecule has 2 N–H and O–H groups in total. The zero-order valence-electron chi connectivity index (χ0n) is 4.26. The standard InChI is InChI=1S/C5H8N2/c1-7-5-3-2-4-6/h2-4H,6H2,1H3. The summed E-state index contributed by atoms with van der Waals surface area (Å²) >= 11 is 0. The summed E-state index contributed by atoms with van der Waals surface area (Å²) in [5.41, 5.74) is 4.98. The van der Waals surface area contributed by atoms with E-state index in [1.807, 2.05) is 0 Å². The zero-order valence-corrected chi connectivity index (χ0v) is 4.26. The van der Waals surface area contributed by atoms with E-state index in [0.29, 0.717) is 0 Å². The molecule has 0 amide bonds. The first-order valence-corrected chi connectivity index (χ1v) is 1.96. The Morgan fingerprint density at radius 1 is 1.71 bits per heavy atom. The van der Waals surface area contributed by atoms with Crippen LogP contribution in [0.25, 0.3) is 0 Å². The van der Waals surface area contributed by atoms with Crippen LogP contribution in [0.1, 0.15) is 0 Å². The van der Waals surface area contributed by atoms with E-state index in [4.69, 9.17) is 5.73 Å². The number of allylic oxidation sites excluding steroid dienone is 2. The Morgan fingerprint density at radius 3 is 2.86 bits per heavy atom. The summed E-state index contributed by atoms with van der Waals surface area (Å²) in [6, 6.07) is 0. The summed E-state index contributed by atoms with van der Waals surface area (Å²) < 4.78 is 0. The summed E-state index contributed by atoms with van der Waals surface area (Å²) in [5.74, 6) is 2.58.